The van der Waals surface area contributed by atoms with Crippen LogP contribution in [0.5, 0.6) is 0 Å². The highest BCUT2D eigenvalue weighted by atomic mass is 16.2. The van der Waals surface area contributed by atoms with Gasteiger partial charge in [-0.25, -0.2) is 0 Å². The summed E-state index contributed by atoms with van der Waals surface area (Å²) in [4.78, 5) is 17.4. The molecular formula is C20H28N4O. The summed E-state index contributed by atoms with van der Waals surface area (Å²) >= 11 is 0. The Labute approximate surface area is 150 Å². The van der Waals surface area contributed by atoms with Gasteiger partial charge in [-0.3, -0.25) is 14.4 Å². The number of benzene rings is 1. The van der Waals surface area contributed by atoms with Crippen molar-refractivity contribution >= 4 is 5.91 Å². The van der Waals surface area contributed by atoms with Crippen LogP contribution in [0.1, 0.15) is 36.3 Å². The van der Waals surface area contributed by atoms with Crippen LogP contribution in [0.25, 0.3) is 0 Å². The quantitative estimate of drug-likeness (QED) is 0.859. The van der Waals surface area contributed by atoms with Crippen LogP contribution in [0.4, 0.5) is 0 Å². The van der Waals surface area contributed by atoms with Gasteiger partial charge < -0.3 is 4.90 Å². The summed E-state index contributed by atoms with van der Waals surface area (Å²) in [7, 11) is 0. The van der Waals surface area contributed by atoms with E-state index in [-0.39, 0.29) is 11.9 Å². The van der Waals surface area contributed by atoms with Gasteiger partial charge in [-0.15, -0.1) is 0 Å². The summed E-state index contributed by atoms with van der Waals surface area (Å²) in [5, 5.41) is 4.48. The molecule has 1 fully saturated rings. The van der Waals surface area contributed by atoms with Gasteiger partial charge in [0.1, 0.15) is 6.04 Å². The van der Waals surface area contributed by atoms with Crippen LogP contribution in [0.15, 0.2) is 36.4 Å². The fraction of sp³-hybridized carbons (Fsp3) is 0.500. The van der Waals surface area contributed by atoms with E-state index in [0.717, 1.165) is 50.5 Å². The maximum atomic E-state index is 12.9. The average molecular weight is 340 g/mol. The third-order valence-electron chi connectivity index (χ3n) is 4.92. The average Bonchev–Trinajstić information content (AvgIpc) is 2.81. The molecule has 0 spiro atoms. The Morgan fingerprint density at radius 2 is 1.88 bits per heavy atom. The number of aryl methyl sites for hydroxylation is 2. The Morgan fingerprint density at radius 3 is 2.56 bits per heavy atom. The second-order valence-electron chi connectivity index (χ2n) is 6.99. The van der Waals surface area contributed by atoms with E-state index in [9.17, 15) is 4.79 Å². The molecule has 25 heavy (non-hydrogen) atoms. The van der Waals surface area contributed by atoms with Crippen molar-refractivity contribution in [2.45, 2.75) is 39.8 Å². The van der Waals surface area contributed by atoms with Gasteiger partial charge in [0.2, 0.25) is 5.91 Å². The lowest BCUT2D eigenvalue weighted by Crippen LogP contribution is -2.39. The molecule has 2 heterocycles. The molecule has 1 aliphatic rings. The monoisotopic (exact) mass is 340 g/mol. The lowest BCUT2D eigenvalue weighted by Gasteiger charge is -2.25. The summed E-state index contributed by atoms with van der Waals surface area (Å²) < 4.78 is 1.85. The molecule has 2 aromatic rings. The SMILES string of the molecule is Cc1cc(C)n([C@H](C)C(=O)N2CCCN(Cc3ccccc3)CC2)n1. The Bertz CT molecular complexity index is 710. The molecule has 1 amide bonds. The highest BCUT2D eigenvalue weighted by Crippen LogP contribution is 2.16. The maximum absolute atomic E-state index is 12.9. The maximum Gasteiger partial charge on any atom is 0.247 e. The summed E-state index contributed by atoms with van der Waals surface area (Å²) in [6.45, 7) is 10.5. The van der Waals surface area contributed by atoms with Gasteiger partial charge in [0.15, 0.2) is 0 Å². The Balaban J connectivity index is 1.60. The van der Waals surface area contributed by atoms with Gasteiger partial charge in [-0.1, -0.05) is 30.3 Å². The summed E-state index contributed by atoms with van der Waals surface area (Å²) in [6, 6.07) is 12.3. The Kier molecular flexibility index (Phi) is 5.53. The largest absolute Gasteiger partial charge is 0.340 e. The molecule has 0 saturated carbocycles. The molecule has 0 N–H and O–H groups in total. The second kappa shape index (κ2) is 7.83. The van der Waals surface area contributed by atoms with Crippen molar-refractivity contribution in [3.8, 4) is 0 Å². The standard InChI is InChI=1S/C20H28N4O/c1-16-14-17(2)24(21-16)18(3)20(25)23-11-7-10-22(12-13-23)15-19-8-5-4-6-9-19/h4-6,8-9,14,18H,7,10-13,15H2,1-3H3/t18-/m1/s1. The number of nitrogens with zero attached hydrogens (tertiary/aromatic N) is 4. The van der Waals surface area contributed by atoms with Crippen LogP contribution < -0.4 is 0 Å². The first-order valence-electron chi connectivity index (χ1n) is 9.12. The fourth-order valence-electron chi connectivity index (χ4n) is 3.60. The van der Waals surface area contributed by atoms with E-state index >= 15 is 0 Å². The van der Waals surface area contributed by atoms with Gasteiger partial charge in [-0.05, 0) is 38.8 Å². The van der Waals surface area contributed by atoms with Crippen molar-refractivity contribution in [1.82, 2.24) is 19.6 Å². The molecule has 1 aromatic carbocycles. The predicted octanol–water partition coefficient (Wildman–Crippen LogP) is 2.80. The molecule has 5 nitrogen and oxygen atoms in total. The van der Waals surface area contributed by atoms with E-state index in [0.29, 0.717) is 0 Å². The number of rotatable bonds is 4. The fourth-order valence-corrected chi connectivity index (χ4v) is 3.60. The van der Waals surface area contributed by atoms with E-state index in [2.05, 4.69) is 34.3 Å². The van der Waals surface area contributed by atoms with E-state index in [1.807, 2.05) is 42.5 Å². The van der Waals surface area contributed by atoms with E-state index < -0.39 is 0 Å². The smallest absolute Gasteiger partial charge is 0.247 e. The first-order valence-corrected chi connectivity index (χ1v) is 9.12. The third kappa shape index (κ3) is 4.28. The van der Waals surface area contributed by atoms with Crippen LogP contribution in [0.3, 0.4) is 0 Å². The minimum absolute atomic E-state index is 0.174. The van der Waals surface area contributed by atoms with Crippen molar-refractivity contribution in [2.24, 2.45) is 0 Å². The number of hydrogen-bond acceptors (Lipinski definition) is 3. The minimum Gasteiger partial charge on any atom is -0.340 e. The van der Waals surface area contributed by atoms with Gasteiger partial charge in [0.05, 0.1) is 5.69 Å². The molecule has 3 rings (SSSR count). The molecule has 1 atom stereocenters. The van der Waals surface area contributed by atoms with Crippen LogP contribution in [0.2, 0.25) is 0 Å². The van der Waals surface area contributed by atoms with Crippen molar-refractivity contribution in [3.63, 3.8) is 0 Å². The Hall–Kier alpha value is -2.14. The highest BCUT2D eigenvalue weighted by Gasteiger charge is 2.25. The summed E-state index contributed by atoms with van der Waals surface area (Å²) in [5.41, 5.74) is 3.33. The minimum atomic E-state index is -0.241. The number of amides is 1. The number of aromatic nitrogens is 2. The molecule has 0 radical (unpaired) electrons. The molecule has 134 valence electrons. The molecular weight excluding hydrogens is 312 g/mol. The van der Waals surface area contributed by atoms with E-state index in [1.54, 1.807) is 0 Å². The van der Waals surface area contributed by atoms with Gasteiger partial charge in [0, 0.05) is 38.4 Å². The Morgan fingerprint density at radius 1 is 1.12 bits per heavy atom. The normalized spacial score (nSPS) is 17.3. The first kappa shape index (κ1) is 17.7. The first-order chi connectivity index (χ1) is 12.0. The molecule has 0 bridgehead atoms. The molecule has 1 saturated heterocycles. The second-order valence-corrected chi connectivity index (χ2v) is 6.99. The van der Waals surface area contributed by atoms with Crippen molar-refractivity contribution in [2.75, 3.05) is 26.2 Å². The van der Waals surface area contributed by atoms with Crippen molar-refractivity contribution < 1.29 is 4.79 Å². The topological polar surface area (TPSA) is 41.4 Å². The summed E-state index contributed by atoms with van der Waals surface area (Å²) in [5.74, 6) is 0.174. The lowest BCUT2D eigenvalue weighted by molar-refractivity contribution is -0.134. The van der Waals surface area contributed by atoms with E-state index in [1.165, 1.54) is 5.56 Å². The zero-order valence-corrected chi connectivity index (χ0v) is 15.5. The van der Waals surface area contributed by atoms with Crippen LogP contribution in [0, 0.1) is 13.8 Å². The van der Waals surface area contributed by atoms with Gasteiger partial charge in [-0.2, -0.15) is 5.10 Å². The summed E-state index contributed by atoms with van der Waals surface area (Å²) in [6.07, 6.45) is 1.02. The molecule has 0 aliphatic carbocycles. The van der Waals surface area contributed by atoms with Crippen LogP contribution in [-0.4, -0.2) is 51.7 Å². The number of carbonyl (C=O) groups excluding carboxylic acids is 1. The lowest BCUT2D eigenvalue weighted by atomic mass is 10.2. The number of hydrogen-bond donors (Lipinski definition) is 0. The van der Waals surface area contributed by atoms with Gasteiger partial charge >= 0.3 is 0 Å². The van der Waals surface area contributed by atoms with Crippen LogP contribution >= 0.6 is 0 Å². The predicted molar refractivity (Wildman–Crippen MR) is 99.3 cm³/mol. The molecule has 1 aliphatic heterocycles. The van der Waals surface area contributed by atoms with Crippen molar-refractivity contribution in [3.05, 3.63) is 53.3 Å². The van der Waals surface area contributed by atoms with Gasteiger partial charge in [0.25, 0.3) is 0 Å². The van der Waals surface area contributed by atoms with Crippen molar-refractivity contribution in [1.29, 1.82) is 0 Å². The zero-order valence-electron chi connectivity index (χ0n) is 15.5. The number of carbonyl (C=O) groups is 1. The van der Waals surface area contributed by atoms with Crippen LogP contribution in [-0.2, 0) is 11.3 Å². The highest BCUT2D eigenvalue weighted by molar-refractivity contribution is 5.80. The molecule has 1 aromatic heterocycles. The molecule has 0 unspecified atom stereocenters. The third-order valence-corrected chi connectivity index (χ3v) is 4.92. The molecule has 5 heteroatoms. The van der Waals surface area contributed by atoms with E-state index in [4.69, 9.17) is 0 Å². The zero-order chi connectivity index (χ0) is 17.8.